The minimum atomic E-state index is -0.218. The number of fused-ring (bicyclic) bond motifs is 1. The number of carbonyl (C=O) groups is 3. The second-order valence-electron chi connectivity index (χ2n) is 9.11. The van der Waals surface area contributed by atoms with E-state index in [1.807, 2.05) is 41.3 Å². The summed E-state index contributed by atoms with van der Waals surface area (Å²) < 4.78 is 0. The molecule has 36 heavy (non-hydrogen) atoms. The lowest BCUT2D eigenvalue weighted by atomic mass is 10.1. The van der Waals surface area contributed by atoms with E-state index in [1.165, 1.54) is 4.90 Å². The van der Waals surface area contributed by atoms with Gasteiger partial charge in [-0.1, -0.05) is 48.9 Å². The Morgan fingerprint density at radius 3 is 2.14 bits per heavy atom. The van der Waals surface area contributed by atoms with Gasteiger partial charge in [0.25, 0.3) is 11.8 Å². The molecule has 2 aromatic carbocycles. The Balaban J connectivity index is 1.04. The first-order chi connectivity index (χ1) is 17.6. The Morgan fingerprint density at radius 2 is 1.44 bits per heavy atom. The Kier molecular flexibility index (Phi) is 7.02. The molecular weight excluding hydrogens is 454 g/mol. The lowest BCUT2D eigenvalue weighted by Crippen LogP contribution is -2.49. The number of nitrogens with zero attached hydrogens (tertiary/aromatic N) is 5. The van der Waals surface area contributed by atoms with Crippen LogP contribution in [0.3, 0.4) is 0 Å². The van der Waals surface area contributed by atoms with E-state index in [9.17, 15) is 14.4 Å². The Morgan fingerprint density at radius 1 is 0.778 bits per heavy atom. The summed E-state index contributed by atoms with van der Waals surface area (Å²) >= 11 is 0. The third-order valence-electron chi connectivity index (χ3n) is 6.83. The fourth-order valence-corrected chi connectivity index (χ4v) is 4.79. The van der Waals surface area contributed by atoms with Crippen molar-refractivity contribution in [2.45, 2.75) is 25.7 Å². The number of aromatic nitrogens is 2. The molecule has 8 nitrogen and oxygen atoms in total. The van der Waals surface area contributed by atoms with Gasteiger partial charge in [0.2, 0.25) is 5.91 Å². The van der Waals surface area contributed by atoms with E-state index >= 15 is 0 Å². The van der Waals surface area contributed by atoms with Gasteiger partial charge >= 0.3 is 0 Å². The van der Waals surface area contributed by atoms with Crippen LogP contribution in [-0.2, 0) is 4.79 Å². The molecule has 5 rings (SSSR count). The van der Waals surface area contributed by atoms with Crippen molar-refractivity contribution in [1.29, 1.82) is 0 Å². The molecule has 8 heteroatoms. The van der Waals surface area contributed by atoms with Crippen molar-refractivity contribution in [3.8, 4) is 11.3 Å². The molecule has 0 bridgehead atoms. The first kappa shape index (κ1) is 23.7. The van der Waals surface area contributed by atoms with Crippen LogP contribution >= 0.6 is 0 Å². The molecule has 0 N–H and O–H groups in total. The molecule has 1 saturated heterocycles. The molecule has 1 fully saturated rings. The molecule has 0 atom stereocenters. The first-order valence-corrected chi connectivity index (χ1v) is 12.5. The molecule has 0 spiro atoms. The van der Waals surface area contributed by atoms with Gasteiger partial charge in [0.05, 0.1) is 16.8 Å². The summed E-state index contributed by atoms with van der Waals surface area (Å²) in [6.45, 7) is 3.19. The van der Waals surface area contributed by atoms with Crippen molar-refractivity contribution in [2.24, 2.45) is 0 Å². The maximum atomic E-state index is 12.7. The Bertz CT molecular complexity index is 1220. The highest BCUT2D eigenvalue weighted by molar-refractivity contribution is 6.21. The van der Waals surface area contributed by atoms with Crippen molar-refractivity contribution in [3.05, 3.63) is 78.1 Å². The van der Waals surface area contributed by atoms with Crippen LogP contribution < -0.4 is 4.90 Å². The largest absolute Gasteiger partial charge is 0.353 e. The van der Waals surface area contributed by atoms with Crippen LogP contribution in [-0.4, -0.2) is 70.2 Å². The normalized spacial score (nSPS) is 15.4. The van der Waals surface area contributed by atoms with Crippen LogP contribution in [0.5, 0.6) is 0 Å². The molecule has 184 valence electrons. The summed E-state index contributed by atoms with van der Waals surface area (Å²) in [5.74, 6) is 0.598. The average molecular weight is 484 g/mol. The predicted molar refractivity (Wildman–Crippen MR) is 137 cm³/mol. The Labute approximate surface area is 210 Å². The van der Waals surface area contributed by atoms with Crippen LogP contribution in [0.15, 0.2) is 67.0 Å². The molecule has 0 aliphatic carbocycles. The zero-order valence-corrected chi connectivity index (χ0v) is 20.2. The number of rotatable bonds is 8. The second-order valence-corrected chi connectivity index (χ2v) is 9.11. The second kappa shape index (κ2) is 10.7. The number of benzene rings is 2. The minimum Gasteiger partial charge on any atom is -0.353 e. The lowest BCUT2D eigenvalue weighted by molar-refractivity contribution is -0.131. The van der Waals surface area contributed by atoms with E-state index in [4.69, 9.17) is 0 Å². The van der Waals surface area contributed by atoms with Gasteiger partial charge in [0.1, 0.15) is 12.1 Å². The van der Waals surface area contributed by atoms with Crippen molar-refractivity contribution in [1.82, 2.24) is 19.8 Å². The summed E-state index contributed by atoms with van der Waals surface area (Å²) in [5, 5.41) is 0. The summed E-state index contributed by atoms with van der Waals surface area (Å²) in [6, 6.07) is 19.0. The summed E-state index contributed by atoms with van der Waals surface area (Å²) in [5.41, 5.74) is 2.91. The monoisotopic (exact) mass is 483 g/mol. The molecule has 2 aliphatic heterocycles. The van der Waals surface area contributed by atoms with Crippen molar-refractivity contribution in [2.75, 3.05) is 37.6 Å². The fourth-order valence-electron chi connectivity index (χ4n) is 4.79. The van der Waals surface area contributed by atoms with Crippen LogP contribution in [0, 0.1) is 0 Å². The highest BCUT2D eigenvalue weighted by atomic mass is 16.2. The van der Waals surface area contributed by atoms with Gasteiger partial charge in [-0.25, -0.2) is 9.97 Å². The summed E-state index contributed by atoms with van der Waals surface area (Å²) in [6.07, 6.45) is 4.31. The van der Waals surface area contributed by atoms with Crippen LogP contribution in [0.2, 0.25) is 0 Å². The average Bonchev–Trinajstić information content (AvgIpc) is 3.18. The molecule has 3 amide bonds. The van der Waals surface area contributed by atoms with Crippen LogP contribution in [0.1, 0.15) is 46.4 Å². The van der Waals surface area contributed by atoms with Crippen LogP contribution in [0.4, 0.5) is 5.82 Å². The van der Waals surface area contributed by atoms with Gasteiger partial charge < -0.3 is 9.80 Å². The topological polar surface area (TPSA) is 86.7 Å². The maximum absolute atomic E-state index is 12.7. The molecule has 0 radical (unpaired) electrons. The molecule has 0 saturated carbocycles. The maximum Gasteiger partial charge on any atom is 0.261 e. The molecule has 2 aliphatic rings. The highest BCUT2D eigenvalue weighted by Crippen LogP contribution is 2.24. The number of hydrogen-bond acceptors (Lipinski definition) is 6. The number of amides is 3. The quantitative estimate of drug-likeness (QED) is 0.359. The van der Waals surface area contributed by atoms with E-state index in [1.54, 1.807) is 30.6 Å². The smallest absolute Gasteiger partial charge is 0.261 e. The standard InChI is InChI=1S/C28H29N5O3/c34-26(13-5-2-8-14-33-27(35)22-11-6-7-12-23(22)28(33)36)32-17-15-31(16-18-32)25-19-24(29-20-30-25)21-9-3-1-4-10-21/h1,3-4,6-7,9-12,19-20H,2,5,8,13-18H2. The minimum absolute atomic E-state index is 0.156. The lowest BCUT2D eigenvalue weighted by Gasteiger charge is -2.35. The number of unbranched alkanes of at least 4 members (excludes halogenated alkanes) is 2. The number of hydrogen-bond donors (Lipinski definition) is 0. The Hall–Kier alpha value is -4.07. The van der Waals surface area contributed by atoms with Gasteiger partial charge in [-0.05, 0) is 25.0 Å². The van der Waals surface area contributed by atoms with E-state index in [0.717, 1.165) is 43.0 Å². The van der Waals surface area contributed by atoms with Crippen molar-refractivity contribution >= 4 is 23.5 Å². The molecule has 1 aromatic heterocycles. The van der Waals surface area contributed by atoms with E-state index in [-0.39, 0.29) is 17.7 Å². The summed E-state index contributed by atoms with van der Waals surface area (Å²) in [7, 11) is 0. The van der Waals surface area contributed by atoms with Gasteiger partial charge in [0, 0.05) is 50.8 Å². The van der Waals surface area contributed by atoms with E-state index in [0.29, 0.717) is 43.6 Å². The SMILES string of the molecule is O=C(CCCCCN1C(=O)c2ccccc2C1=O)N1CCN(c2cc(-c3ccccc3)ncn2)CC1. The van der Waals surface area contributed by atoms with Crippen LogP contribution in [0.25, 0.3) is 11.3 Å². The number of piperazine rings is 1. The molecular formula is C28H29N5O3. The van der Waals surface area contributed by atoms with Crippen molar-refractivity contribution in [3.63, 3.8) is 0 Å². The summed E-state index contributed by atoms with van der Waals surface area (Å²) in [4.78, 5) is 51.9. The van der Waals surface area contributed by atoms with E-state index < -0.39 is 0 Å². The molecule has 3 aromatic rings. The van der Waals surface area contributed by atoms with Crippen molar-refractivity contribution < 1.29 is 14.4 Å². The molecule has 3 heterocycles. The van der Waals surface area contributed by atoms with Gasteiger partial charge in [-0.15, -0.1) is 0 Å². The van der Waals surface area contributed by atoms with Gasteiger partial charge in [0.15, 0.2) is 0 Å². The number of imide groups is 1. The third kappa shape index (κ3) is 4.98. The van der Waals surface area contributed by atoms with Gasteiger partial charge in [-0.3, -0.25) is 19.3 Å². The first-order valence-electron chi connectivity index (χ1n) is 12.5. The van der Waals surface area contributed by atoms with Gasteiger partial charge in [-0.2, -0.15) is 0 Å². The highest BCUT2D eigenvalue weighted by Gasteiger charge is 2.34. The third-order valence-corrected chi connectivity index (χ3v) is 6.83. The zero-order valence-electron chi connectivity index (χ0n) is 20.2. The number of carbonyl (C=O) groups excluding carboxylic acids is 3. The fraction of sp³-hybridized carbons (Fsp3) is 0.321. The van der Waals surface area contributed by atoms with E-state index in [2.05, 4.69) is 14.9 Å². The zero-order chi connectivity index (χ0) is 24.9. The number of anilines is 1. The predicted octanol–water partition coefficient (Wildman–Crippen LogP) is 3.65. The molecule has 0 unspecified atom stereocenters.